The van der Waals surface area contributed by atoms with Gasteiger partial charge in [0, 0.05) is 19.6 Å². The molecule has 0 aliphatic carbocycles. The first-order valence-corrected chi connectivity index (χ1v) is 3.91. The molecule has 4 atom stereocenters. The van der Waals surface area contributed by atoms with Crippen LogP contribution >= 0.6 is 0 Å². The minimum Gasteiger partial charge on any atom is -0.479 e. The number of carboxylic acid groups (broad SMARTS) is 1. The summed E-state index contributed by atoms with van der Waals surface area (Å²) in [5, 5.41) is 18.0. The van der Waals surface area contributed by atoms with Gasteiger partial charge in [-0.1, -0.05) is 0 Å². The molecule has 4 unspecified atom stereocenters. The highest BCUT2D eigenvalue weighted by Crippen LogP contribution is 2.19. The molecular formula is C7H13NO5. The van der Waals surface area contributed by atoms with Crippen molar-refractivity contribution in [2.45, 2.75) is 31.0 Å². The second kappa shape index (κ2) is 4.01. The number of aliphatic hydroxyl groups is 1. The molecule has 0 amide bonds. The van der Waals surface area contributed by atoms with E-state index in [0.29, 0.717) is 0 Å². The van der Waals surface area contributed by atoms with Crippen molar-refractivity contribution in [3.63, 3.8) is 0 Å². The molecule has 1 saturated heterocycles. The Morgan fingerprint density at radius 3 is 2.77 bits per heavy atom. The standard InChI is InChI=1S/C7H13NO5/c1-12-7-5(9)3(8)2-4(13-7)6(10)11/h3-5,7,9H,2,8H2,1H3,(H,10,11). The van der Waals surface area contributed by atoms with Gasteiger partial charge in [-0.05, 0) is 0 Å². The summed E-state index contributed by atoms with van der Waals surface area (Å²) >= 11 is 0. The van der Waals surface area contributed by atoms with E-state index in [1.807, 2.05) is 0 Å². The lowest BCUT2D eigenvalue weighted by Crippen LogP contribution is -2.54. The molecule has 1 aliphatic heterocycles. The molecule has 0 radical (unpaired) electrons. The number of rotatable bonds is 2. The molecule has 0 bridgehead atoms. The summed E-state index contributed by atoms with van der Waals surface area (Å²) in [4.78, 5) is 10.6. The fourth-order valence-electron chi connectivity index (χ4n) is 1.24. The van der Waals surface area contributed by atoms with Crippen LogP contribution in [0.2, 0.25) is 0 Å². The molecule has 0 aromatic heterocycles. The lowest BCUT2D eigenvalue weighted by atomic mass is 10.0. The molecule has 0 aromatic carbocycles. The van der Waals surface area contributed by atoms with Crippen molar-refractivity contribution < 1.29 is 24.5 Å². The van der Waals surface area contributed by atoms with Crippen molar-refractivity contribution in [1.29, 1.82) is 0 Å². The molecule has 0 spiro atoms. The monoisotopic (exact) mass is 191 g/mol. The van der Waals surface area contributed by atoms with Crippen LogP contribution in [0.4, 0.5) is 0 Å². The zero-order valence-electron chi connectivity index (χ0n) is 7.21. The Bertz CT molecular complexity index is 197. The molecule has 0 saturated carbocycles. The summed E-state index contributed by atoms with van der Waals surface area (Å²) < 4.78 is 9.67. The Kier molecular flexibility index (Phi) is 3.21. The molecule has 76 valence electrons. The summed E-state index contributed by atoms with van der Waals surface area (Å²) in [6.45, 7) is 0. The van der Waals surface area contributed by atoms with Crippen LogP contribution in [-0.4, -0.2) is 47.8 Å². The Hall–Kier alpha value is -0.690. The molecule has 6 heteroatoms. The summed E-state index contributed by atoms with van der Waals surface area (Å²) in [6.07, 6.45) is -2.83. The maximum atomic E-state index is 10.6. The molecule has 1 aliphatic rings. The van der Waals surface area contributed by atoms with Crippen molar-refractivity contribution in [2.75, 3.05) is 7.11 Å². The van der Waals surface area contributed by atoms with E-state index in [2.05, 4.69) is 0 Å². The highest BCUT2D eigenvalue weighted by atomic mass is 16.7. The number of ether oxygens (including phenoxy) is 2. The van der Waals surface area contributed by atoms with Gasteiger partial charge < -0.3 is 25.4 Å². The van der Waals surface area contributed by atoms with Crippen molar-refractivity contribution in [3.8, 4) is 0 Å². The number of carbonyl (C=O) groups is 1. The number of methoxy groups -OCH3 is 1. The quantitative estimate of drug-likeness (QED) is 0.492. The van der Waals surface area contributed by atoms with Crippen LogP contribution in [0.15, 0.2) is 0 Å². The van der Waals surface area contributed by atoms with E-state index in [9.17, 15) is 9.90 Å². The van der Waals surface area contributed by atoms with E-state index in [1.54, 1.807) is 0 Å². The maximum Gasteiger partial charge on any atom is 0.333 e. The van der Waals surface area contributed by atoms with E-state index in [-0.39, 0.29) is 6.42 Å². The average molecular weight is 191 g/mol. The first-order chi connectivity index (χ1) is 6.06. The highest BCUT2D eigenvalue weighted by Gasteiger charge is 2.38. The lowest BCUT2D eigenvalue weighted by molar-refractivity contribution is -0.237. The van der Waals surface area contributed by atoms with Gasteiger partial charge in [-0.25, -0.2) is 4.79 Å². The lowest BCUT2D eigenvalue weighted by Gasteiger charge is -2.34. The SMILES string of the molecule is COC1OC(C(=O)O)CC(N)C1O. The van der Waals surface area contributed by atoms with E-state index >= 15 is 0 Å². The summed E-state index contributed by atoms with van der Waals surface area (Å²) in [7, 11) is 1.32. The van der Waals surface area contributed by atoms with Gasteiger partial charge in [0.2, 0.25) is 0 Å². The third-order valence-electron chi connectivity index (χ3n) is 2.01. The predicted molar refractivity (Wildman–Crippen MR) is 41.9 cm³/mol. The van der Waals surface area contributed by atoms with Crippen LogP contribution in [-0.2, 0) is 14.3 Å². The Labute approximate surface area is 75.2 Å². The third-order valence-corrected chi connectivity index (χ3v) is 2.01. The van der Waals surface area contributed by atoms with Crippen LogP contribution in [0, 0.1) is 0 Å². The van der Waals surface area contributed by atoms with Crippen molar-refractivity contribution in [3.05, 3.63) is 0 Å². The van der Waals surface area contributed by atoms with Gasteiger partial charge in [-0.3, -0.25) is 0 Å². The highest BCUT2D eigenvalue weighted by molar-refractivity contribution is 5.72. The molecule has 1 fully saturated rings. The van der Waals surface area contributed by atoms with E-state index in [1.165, 1.54) is 7.11 Å². The minimum atomic E-state index is -1.09. The Balaban J connectivity index is 2.63. The Morgan fingerprint density at radius 1 is 1.69 bits per heavy atom. The Morgan fingerprint density at radius 2 is 2.31 bits per heavy atom. The zero-order chi connectivity index (χ0) is 10.0. The van der Waals surface area contributed by atoms with Crippen molar-refractivity contribution in [1.82, 2.24) is 0 Å². The average Bonchev–Trinajstić information content (AvgIpc) is 2.09. The van der Waals surface area contributed by atoms with Crippen LogP contribution < -0.4 is 5.73 Å². The molecule has 1 rings (SSSR count). The third kappa shape index (κ3) is 2.16. The van der Waals surface area contributed by atoms with E-state index < -0.39 is 30.5 Å². The summed E-state index contributed by atoms with van der Waals surface area (Å²) in [6, 6.07) is -0.625. The van der Waals surface area contributed by atoms with E-state index in [0.717, 1.165) is 0 Å². The first kappa shape index (κ1) is 10.4. The predicted octanol–water partition coefficient (Wildman–Crippen LogP) is -1.48. The fraction of sp³-hybridized carbons (Fsp3) is 0.857. The number of hydrogen-bond donors (Lipinski definition) is 3. The van der Waals surface area contributed by atoms with Gasteiger partial charge in [-0.2, -0.15) is 0 Å². The van der Waals surface area contributed by atoms with Gasteiger partial charge in [0.1, 0.15) is 6.10 Å². The summed E-state index contributed by atoms with van der Waals surface area (Å²) in [5.41, 5.74) is 5.50. The van der Waals surface area contributed by atoms with Crippen LogP contribution in [0.1, 0.15) is 6.42 Å². The van der Waals surface area contributed by atoms with Crippen molar-refractivity contribution >= 4 is 5.97 Å². The summed E-state index contributed by atoms with van der Waals surface area (Å²) in [5.74, 6) is -1.09. The van der Waals surface area contributed by atoms with Crippen LogP contribution in [0.25, 0.3) is 0 Å². The molecule has 6 nitrogen and oxygen atoms in total. The first-order valence-electron chi connectivity index (χ1n) is 3.91. The topological polar surface area (TPSA) is 102 Å². The zero-order valence-corrected chi connectivity index (χ0v) is 7.21. The fourth-order valence-corrected chi connectivity index (χ4v) is 1.24. The van der Waals surface area contributed by atoms with Gasteiger partial charge in [0.25, 0.3) is 0 Å². The molecule has 1 heterocycles. The van der Waals surface area contributed by atoms with Gasteiger partial charge in [-0.15, -0.1) is 0 Å². The normalized spacial score (nSPS) is 40.2. The second-order valence-electron chi connectivity index (χ2n) is 2.96. The maximum absolute atomic E-state index is 10.6. The number of aliphatic carboxylic acids is 1. The van der Waals surface area contributed by atoms with Crippen LogP contribution in [0.5, 0.6) is 0 Å². The van der Waals surface area contributed by atoms with Gasteiger partial charge in [0.05, 0.1) is 0 Å². The van der Waals surface area contributed by atoms with Crippen molar-refractivity contribution in [2.24, 2.45) is 5.73 Å². The minimum absolute atomic E-state index is 0.0936. The number of nitrogens with two attached hydrogens (primary N) is 1. The van der Waals surface area contributed by atoms with Gasteiger partial charge >= 0.3 is 5.97 Å². The van der Waals surface area contributed by atoms with Crippen LogP contribution in [0.3, 0.4) is 0 Å². The smallest absolute Gasteiger partial charge is 0.333 e. The molecule has 13 heavy (non-hydrogen) atoms. The molecule has 4 N–H and O–H groups in total. The number of hydrogen-bond acceptors (Lipinski definition) is 5. The second-order valence-corrected chi connectivity index (χ2v) is 2.96. The van der Waals surface area contributed by atoms with Gasteiger partial charge in [0.15, 0.2) is 12.4 Å². The number of aliphatic hydroxyl groups excluding tert-OH is 1. The molecule has 0 aromatic rings. The number of carboxylic acids is 1. The largest absolute Gasteiger partial charge is 0.479 e. The molecular weight excluding hydrogens is 178 g/mol. The van der Waals surface area contributed by atoms with E-state index in [4.69, 9.17) is 20.3 Å².